The quantitative estimate of drug-likeness (QED) is 0.620. The Morgan fingerprint density at radius 2 is 1.84 bits per heavy atom. The number of hydrogen-bond acceptors (Lipinski definition) is 3. The van der Waals surface area contributed by atoms with Gasteiger partial charge in [-0.25, -0.2) is 4.99 Å². The number of aliphatic imine (C=N–C) groups is 1. The maximum absolute atomic E-state index is 6.02. The van der Waals surface area contributed by atoms with Crippen molar-refractivity contribution in [2.45, 2.75) is 33.4 Å². The Bertz CT molecular complexity index is 721. The first-order valence-electron chi connectivity index (χ1n) is 8.45. The molecule has 25 heavy (non-hydrogen) atoms. The molecule has 134 valence electrons. The third kappa shape index (κ3) is 5.71. The largest absolute Gasteiger partial charge is 0.491 e. The van der Waals surface area contributed by atoms with E-state index in [0.717, 1.165) is 22.7 Å². The Kier molecular flexibility index (Phi) is 6.28. The van der Waals surface area contributed by atoms with Crippen molar-refractivity contribution in [2.24, 2.45) is 10.7 Å². The summed E-state index contributed by atoms with van der Waals surface area (Å²) >= 11 is 0. The maximum Gasteiger partial charge on any atom is 0.193 e. The van der Waals surface area contributed by atoms with Crippen LogP contribution in [-0.4, -0.2) is 26.2 Å². The van der Waals surface area contributed by atoms with Gasteiger partial charge < -0.3 is 20.7 Å². The third-order valence-electron chi connectivity index (χ3n) is 3.64. The van der Waals surface area contributed by atoms with Crippen molar-refractivity contribution in [1.82, 2.24) is 0 Å². The molecule has 0 amide bonds. The van der Waals surface area contributed by atoms with Crippen LogP contribution in [0.25, 0.3) is 0 Å². The van der Waals surface area contributed by atoms with Crippen LogP contribution in [0.15, 0.2) is 47.5 Å². The number of benzene rings is 2. The van der Waals surface area contributed by atoms with E-state index in [2.05, 4.69) is 40.3 Å². The Labute approximate surface area is 150 Å². The molecule has 5 heteroatoms. The second kappa shape index (κ2) is 8.42. The minimum absolute atomic E-state index is 0.158. The summed E-state index contributed by atoms with van der Waals surface area (Å²) in [6.07, 6.45) is 0.158. The predicted molar refractivity (Wildman–Crippen MR) is 107 cm³/mol. The minimum atomic E-state index is 0.158. The summed E-state index contributed by atoms with van der Waals surface area (Å²) in [5.41, 5.74) is 10.4. The smallest absolute Gasteiger partial charge is 0.193 e. The molecule has 2 aromatic rings. The lowest BCUT2D eigenvalue weighted by atomic mass is 10.1. The summed E-state index contributed by atoms with van der Waals surface area (Å²) in [5, 5.41) is 3.11. The zero-order valence-corrected chi connectivity index (χ0v) is 15.7. The van der Waals surface area contributed by atoms with Gasteiger partial charge in [-0.3, -0.25) is 0 Å². The highest BCUT2D eigenvalue weighted by Gasteiger charge is 2.05. The van der Waals surface area contributed by atoms with Crippen LogP contribution in [0.5, 0.6) is 5.75 Å². The van der Waals surface area contributed by atoms with E-state index in [1.54, 1.807) is 0 Å². The number of nitrogens with two attached hydrogens (primary N) is 1. The Morgan fingerprint density at radius 3 is 2.44 bits per heavy atom. The molecule has 2 rings (SSSR count). The van der Waals surface area contributed by atoms with Crippen molar-refractivity contribution in [3.63, 3.8) is 0 Å². The van der Waals surface area contributed by atoms with Crippen LogP contribution in [0.2, 0.25) is 0 Å². The molecule has 0 spiro atoms. The van der Waals surface area contributed by atoms with E-state index in [9.17, 15) is 0 Å². The molecule has 2 aromatic carbocycles. The second-order valence-corrected chi connectivity index (χ2v) is 6.54. The van der Waals surface area contributed by atoms with Crippen LogP contribution in [0.1, 0.15) is 25.0 Å². The van der Waals surface area contributed by atoms with Crippen LogP contribution < -0.4 is 20.7 Å². The monoisotopic (exact) mass is 340 g/mol. The highest BCUT2D eigenvalue weighted by molar-refractivity contribution is 5.92. The molecule has 0 unspecified atom stereocenters. The fourth-order valence-electron chi connectivity index (χ4n) is 2.47. The zero-order chi connectivity index (χ0) is 18.4. The van der Waals surface area contributed by atoms with Gasteiger partial charge in [-0.05, 0) is 62.2 Å². The van der Waals surface area contributed by atoms with Crippen molar-refractivity contribution in [2.75, 3.05) is 24.3 Å². The summed E-state index contributed by atoms with van der Waals surface area (Å²) < 4.78 is 5.63. The van der Waals surface area contributed by atoms with Crippen molar-refractivity contribution < 1.29 is 4.74 Å². The first-order chi connectivity index (χ1) is 11.8. The lowest BCUT2D eigenvalue weighted by Gasteiger charge is -2.17. The molecule has 0 atom stereocenters. The molecular formula is C20H28N4O. The van der Waals surface area contributed by atoms with E-state index in [1.807, 2.05) is 52.2 Å². The molecule has 0 fully saturated rings. The molecular weight excluding hydrogens is 312 g/mol. The molecule has 0 radical (unpaired) electrons. The van der Waals surface area contributed by atoms with Gasteiger partial charge >= 0.3 is 0 Å². The van der Waals surface area contributed by atoms with Gasteiger partial charge in [0.15, 0.2) is 5.96 Å². The fourth-order valence-corrected chi connectivity index (χ4v) is 2.47. The number of ether oxygens (including phenoxy) is 1. The Balaban J connectivity index is 2.02. The van der Waals surface area contributed by atoms with Gasteiger partial charge in [-0.2, -0.15) is 0 Å². The molecule has 0 heterocycles. The molecule has 0 aliphatic heterocycles. The lowest BCUT2D eigenvalue weighted by Crippen LogP contribution is -2.22. The van der Waals surface area contributed by atoms with Gasteiger partial charge in [-0.15, -0.1) is 0 Å². The standard InChI is InChI=1S/C20H28N4O/c1-14(2)25-18-10-8-17(9-11-18)23-20(21)22-13-16-7-6-15(3)12-19(16)24(4)5/h6-12,14H,13H2,1-5H3,(H3,21,22,23). The zero-order valence-electron chi connectivity index (χ0n) is 15.7. The highest BCUT2D eigenvalue weighted by atomic mass is 16.5. The van der Waals surface area contributed by atoms with Gasteiger partial charge in [0.1, 0.15) is 5.75 Å². The normalized spacial score (nSPS) is 11.5. The number of aryl methyl sites for hydroxylation is 1. The number of rotatable bonds is 6. The molecule has 5 nitrogen and oxygen atoms in total. The predicted octanol–water partition coefficient (Wildman–Crippen LogP) is 3.78. The van der Waals surface area contributed by atoms with Crippen LogP contribution in [-0.2, 0) is 6.54 Å². The van der Waals surface area contributed by atoms with Crippen LogP contribution in [0, 0.1) is 6.92 Å². The molecule has 0 aliphatic carbocycles. The number of guanidine groups is 1. The van der Waals surface area contributed by atoms with Crippen molar-refractivity contribution >= 4 is 17.3 Å². The van der Waals surface area contributed by atoms with E-state index in [0.29, 0.717) is 12.5 Å². The van der Waals surface area contributed by atoms with Crippen LogP contribution in [0.4, 0.5) is 11.4 Å². The van der Waals surface area contributed by atoms with Gasteiger partial charge in [-0.1, -0.05) is 12.1 Å². The summed E-state index contributed by atoms with van der Waals surface area (Å²) in [4.78, 5) is 6.55. The third-order valence-corrected chi connectivity index (χ3v) is 3.64. The van der Waals surface area contributed by atoms with Crippen LogP contribution >= 0.6 is 0 Å². The topological polar surface area (TPSA) is 62.9 Å². The lowest BCUT2D eigenvalue weighted by molar-refractivity contribution is 0.242. The molecule has 0 aliphatic rings. The molecule has 0 aromatic heterocycles. The summed E-state index contributed by atoms with van der Waals surface area (Å²) in [6, 6.07) is 14.0. The summed E-state index contributed by atoms with van der Waals surface area (Å²) in [7, 11) is 4.06. The number of anilines is 2. The van der Waals surface area contributed by atoms with Crippen molar-refractivity contribution in [3.8, 4) is 5.75 Å². The number of hydrogen-bond donors (Lipinski definition) is 2. The molecule has 0 saturated carbocycles. The van der Waals surface area contributed by atoms with E-state index >= 15 is 0 Å². The minimum Gasteiger partial charge on any atom is -0.491 e. The average molecular weight is 340 g/mol. The SMILES string of the molecule is Cc1ccc(CN=C(N)Nc2ccc(OC(C)C)cc2)c(N(C)C)c1. The van der Waals surface area contributed by atoms with Crippen molar-refractivity contribution in [3.05, 3.63) is 53.6 Å². The first kappa shape index (κ1) is 18.6. The maximum atomic E-state index is 6.02. The second-order valence-electron chi connectivity index (χ2n) is 6.54. The van der Waals surface area contributed by atoms with E-state index in [-0.39, 0.29) is 6.10 Å². The van der Waals surface area contributed by atoms with Gasteiger partial charge in [0.25, 0.3) is 0 Å². The van der Waals surface area contributed by atoms with E-state index < -0.39 is 0 Å². The summed E-state index contributed by atoms with van der Waals surface area (Å²) in [5.74, 6) is 1.23. The van der Waals surface area contributed by atoms with Crippen LogP contribution in [0.3, 0.4) is 0 Å². The number of nitrogens with one attached hydrogen (secondary N) is 1. The highest BCUT2D eigenvalue weighted by Crippen LogP contribution is 2.21. The van der Waals surface area contributed by atoms with Crippen molar-refractivity contribution in [1.29, 1.82) is 0 Å². The molecule has 0 bridgehead atoms. The number of nitrogens with zero attached hydrogens (tertiary/aromatic N) is 2. The molecule has 3 N–H and O–H groups in total. The van der Waals surface area contributed by atoms with Gasteiger partial charge in [0.2, 0.25) is 0 Å². The van der Waals surface area contributed by atoms with Gasteiger partial charge in [0, 0.05) is 25.5 Å². The average Bonchev–Trinajstić information content (AvgIpc) is 2.55. The Hall–Kier alpha value is -2.69. The van der Waals surface area contributed by atoms with E-state index in [4.69, 9.17) is 10.5 Å². The van der Waals surface area contributed by atoms with Gasteiger partial charge in [0.05, 0.1) is 12.6 Å². The summed E-state index contributed by atoms with van der Waals surface area (Å²) in [6.45, 7) is 6.62. The fraction of sp³-hybridized carbons (Fsp3) is 0.350. The van der Waals surface area contributed by atoms with E-state index in [1.165, 1.54) is 5.56 Å². The molecule has 0 saturated heterocycles. The first-order valence-corrected chi connectivity index (χ1v) is 8.45. The Morgan fingerprint density at radius 1 is 1.16 bits per heavy atom.